The van der Waals surface area contributed by atoms with Crippen molar-refractivity contribution in [3.05, 3.63) is 29.4 Å². The van der Waals surface area contributed by atoms with Gasteiger partial charge >= 0.3 is 0 Å². The first-order valence-corrected chi connectivity index (χ1v) is 7.62. The van der Waals surface area contributed by atoms with Crippen molar-refractivity contribution in [1.82, 2.24) is 19.7 Å². The standard InChI is InChI=1S/C9H8Cl2N4O2S/c1-2-6-8(18(11,16)17)9(10)15(14-6)7-3-4-12-5-13-7/h3-5H,2H2,1H3. The van der Waals surface area contributed by atoms with E-state index in [0.29, 0.717) is 17.9 Å². The molecule has 96 valence electrons. The highest BCUT2D eigenvalue weighted by atomic mass is 35.7. The molecule has 0 saturated heterocycles. The van der Waals surface area contributed by atoms with Gasteiger partial charge in [-0.1, -0.05) is 18.5 Å². The lowest BCUT2D eigenvalue weighted by molar-refractivity contribution is 0.608. The number of aromatic nitrogens is 4. The predicted molar refractivity (Wildman–Crippen MR) is 66.6 cm³/mol. The molecule has 0 aliphatic carbocycles. The van der Waals surface area contributed by atoms with Crippen molar-refractivity contribution in [2.75, 3.05) is 0 Å². The Morgan fingerprint density at radius 1 is 1.44 bits per heavy atom. The molecular formula is C9H8Cl2N4O2S. The molecule has 0 amide bonds. The maximum absolute atomic E-state index is 11.5. The summed E-state index contributed by atoms with van der Waals surface area (Å²) in [5.74, 6) is 0.372. The molecule has 0 spiro atoms. The number of rotatable bonds is 3. The van der Waals surface area contributed by atoms with Gasteiger partial charge in [0, 0.05) is 22.9 Å². The van der Waals surface area contributed by atoms with E-state index in [4.69, 9.17) is 22.3 Å². The summed E-state index contributed by atoms with van der Waals surface area (Å²) in [6, 6.07) is 1.56. The molecule has 0 saturated carbocycles. The number of halogens is 2. The van der Waals surface area contributed by atoms with E-state index in [1.165, 1.54) is 17.2 Å². The molecule has 0 aliphatic rings. The first-order chi connectivity index (χ1) is 8.45. The highest BCUT2D eigenvalue weighted by Crippen LogP contribution is 2.30. The van der Waals surface area contributed by atoms with Gasteiger partial charge in [0.25, 0.3) is 9.05 Å². The average Bonchev–Trinajstić information content (AvgIpc) is 2.67. The fraction of sp³-hybridized carbons (Fsp3) is 0.222. The Morgan fingerprint density at radius 2 is 2.17 bits per heavy atom. The predicted octanol–water partition coefficient (Wildman–Crippen LogP) is 1.81. The van der Waals surface area contributed by atoms with Gasteiger partial charge in [-0.15, -0.1) is 0 Å². The van der Waals surface area contributed by atoms with Gasteiger partial charge < -0.3 is 0 Å². The van der Waals surface area contributed by atoms with Crippen LogP contribution >= 0.6 is 22.3 Å². The lowest BCUT2D eigenvalue weighted by Crippen LogP contribution is -2.00. The smallest absolute Gasteiger partial charge is 0.245 e. The van der Waals surface area contributed by atoms with Crippen molar-refractivity contribution in [1.29, 1.82) is 0 Å². The van der Waals surface area contributed by atoms with Crippen LogP contribution in [0.4, 0.5) is 0 Å². The Morgan fingerprint density at radius 3 is 2.61 bits per heavy atom. The highest BCUT2D eigenvalue weighted by Gasteiger charge is 2.26. The molecule has 2 aromatic rings. The Labute approximate surface area is 113 Å². The molecule has 0 unspecified atom stereocenters. The van der Waals surface area contributed by atoms with Crippen LogP contribution in [-0.2, 0) is 15.5 Å². The zero-order valence-electron chi connectivity index (χ0n) is 9.21. The van der Waals surface area contributed by atoms with Crippen molar-refractivity contribution in [3.63, 3.8) is 0 Å². The van der Waals surface area contributed by atoms with Gasteiger partial charge in [-0.05, 0) is 6.42 Å². The van der Waals surface area contributed by atoms with Crippen LogP contribution in [0.25, 0.3) is 5.82 Å². The second-order valence-electron chi connectivity index (χ2n) is 3.34. The molecule has 0 radical (unpaired) electrons. The largest absolute Gasteiger partial charge is 0.266 e. The second-order valence-corrected chi connectivity index (χ2v) is 6.20. The lowest BCUT2D eigenvalue weighted by Gasteiger charge is -2.00. The summed E-state index contributed by atoms with van der Waals surface area (Å²) in [6.07, 6.45) is 3.20. The van der Waals surface area contributed by atoms with Crippen LogP contribution < -0.4 is 0 Å². The maximum atomic E-state index is 11.5. The third-order valence-corrected chi connectivity index (χ3v) is 4.06. The fourth-order valence-corrected chi connectivity index (χ4v) is 3.36. The average molecular weight is 307 g/mol. The molecule has 0 atom stereocenters. The zero-order chi connectivity index (χ0) is 13.3. The normalized spacial score (nSPS) is 11.7. The monoisotopic (exact) mass is 306 g/mol. The van der Waals surface area contributed by atoms with Gasteiger partial charge in [0.05, 0.1) is 5.69 Å². The maximum Gasteiger partial charge on any atom is 0.266 e. The first kappa shape index (κ1) is 13.3. The molecule has 9 heteroatoms. The van der Waals surface area contributed by atoms with E-state index in [1.807, 2.05) is 0 Å². The molecule has 18 heavy (non-hydrogen) atoms. The molecule has 0 aromatic carbocycles. The molecule has 0 aliphatic heterocycles. The molecule has 2 rings (SSSR count). The van der Waals surface area contributed by atoms with Crippen molar-refractivity contribution in [2.45, 2.75) is 18.2 Å². The molecule has 0 bridgehead atoms. The van der Waals surface area contributed by atoms with Crippen LogP contribution in [0.15, 0.2) is 23.5 Å². The van der Waals surface area contributed by atoms with Gasteiger partial charge in [0.2, 0.25) is 0 Å². The van der Waals surface area contributed by atoms with E-state index < -0.39 is 9.05 Å². The summed E-state index contributed by atoms with van der Waals surface area (Å²) in [5, 5.41) is 4.01. The van der Waals surface area contributed by atoms with E-state index >= 15 is 0 Å². The number of hydrogen-bond acceptors (Lipinski definition) is 5. The minimum Gasteiger partial charge on any atom is -0.245 e. The quantitative estimate of drug-likeness (QED) is 0.808. The molecule has 2 aromatic heterocycles. The van der Waals surface area contributed by atoms with Gasteiger partial charge in [-0.2, -0.15) is 5.10 Å². The van der Waals surface area contributed by atoms with Crippen LogP contribution in [-0.4, -0.2) is 28.2 Å². The van der Waals surface area contributed by atoms with E-state index in [9.17, 15) is 8.42 Å². The fourth-order valence-electron chi connectivity index (χ4n) is 1.46. The van der Waals surface area contributed by atoms with Crippen molar-refractivity contribution in [3.8, 4) is 5.82 Å². The molecular weight excluding hydrogens is 299 g/mol. The van der Waals surface area contributed by atoms with Gasteiger partial charge in [0.15, 0.2) is 11.0 Å². The molecule has 2 heterocycles. The first-order valence-electron chi connectivity index (χ1n) is 4.93. The minimum absolute atomic E-state index is 0.0828. The summed E-state index contributed by atoms with van der Waals surface area (Å²) in [7, 11) is 1.40. The third-order valence-electron chi connectivity index (χ3n) is 2.22. The lowest BCUT2D eigenvalue weighted by atomic mass is 10.3. The van der Waals surface area contributed by atoms with E-state index in [1.54, 1.807) is 13.0 Å². The van der Waals surface area contributed by atoms with Crippen LogP contribution in [0.2, 0.25) is 5.15 Å². The zero-order valence-corrected chi connectivity index (χ0v) is 11.5. The van der Waals surface area contributed by atoms with Crippen LogP contribution in [0, 0.1) is 0 Å². The van der Waals surface area contributed by atoms with Gasteiger partial charge in [0.1, 0.15) is 11.2 Å². The number of nitrogens with zero attached hydrogens (tertiary/aromatic N) is 4. The Kier molecular flexibility index (Phi) is 3.56. The van der Waals surface area contributed by atoms with Crippen LogP contribution in [0.1, 0.15) is 12.6 Å². The van der Waals surface area contributed by atoms with E-state index in [-0.39, 0.29) is 10.0 Å². The van der Waals surface area contributed by atoms with Crippen LogP contribution in [0.5, 0.6) is 0 Å². The van der Waals surface area contributed by atoms with Crippen molar-refractivity contribution < 1.29 is 8.42 Å². The highest BCUT2D eigenvalue weighted by molar-refractivity contribution is 8.13. The summed E-state index contributed by atoms with van der Waals surface area (Å²) < 4.78 is 24.2. The van der Waals surface area contributed by atoms with Crippen molar-refractivity contribution in [2.24, 2.45) is 0 Å². The topological polar surface area (TPSA) is 77.7 Å². The Hall–Kier alpha value is -1.18. The van der Waals surface area contributed by atoms with Gasteiger partial charge in [-0.3, -0.25) is 0 Å². The number of aryl methyl sites for hydroxylation is 1. The molecule has 0 N–H and O–H groups in total. The van der Waals surface area contributed by atoms with Crippen LogP contribution in [0.3, 0.4) is 0 Å². The third kappa shape index (κ3) is 2.33. The van der Waals surface area contributed by atoms with E-state index in [2.05, 4.69) is 15.1 Å². The summed E-state index contributed by atoms with van der Waals surface area (Å²) in [4.78, 5) is 7.53. The molecule has 6 nitrogen and oxygen atoms in total. The summed E-state index contributed by atoms with van der Waals surface area (Å²) in [5.41, 5.74) is 0.300. The molecule has 0 fully saturated rings. The minimum atomic E-state index is -3.95. The Balaban J connectivity index is 2.70. The summed E-state index contributed by atoms with van der Waals surface area (Å²) in [6.45, 7) is 1.76. The Bertz CT molecular complexity index is 669. The van der Waals surface area contributed by atoms with Gasteiger partial charge in [-0.25, -0.2) is 23.1 Å². The van der Waals surface area contributed by atoms with Crippen molar-refractivity contribution >= 4 is 31.3 Å². The SMILES string of the molecule is CCc1nn(-c2ccncn2)c(Cl)c1S(=O)(=O)Cl. The second kappa shape index (κ2) is 4.83. The van der Waals surface area contributed by atoms with E-state index in [0.717, 1.165) is 0 Å². The summed E-state index contributed by atoms with van der Waals surface area (Å²) >= 11 is 6.00. The number of hydrogen-bond donors (Lipinski definition) is 0.